The number of carbonyl (C=O) groups is 2. The van der Waals surface area contributed by atoms with Crippen molar-refractivity contribution >= 4 is 23.4 Å². The normalized spacial score (nSPS) is 21.9. The highest BCUT2D eigenvalue weighted by Crippen LogP contribution is 2.34. The SMILES string of the molecule is COc1cc2ccc1Oc1cccc(c1)CO[C@H]1CN(Cc3c(C)nn(C)c3Cl)C[C@@H]1NC(=O)CN(C1CC1)C(=O)CC2. The van der Waals surface area contributed by atoms with Crippen molar-refractivity contribution < 1.29 is 23.8 Å². The zero-order valence-electron chi connectivity index (χ0n) is 24.8. The fraction of sp³-hybridized carbons (Fsp3) is 0.469. The van der Waals surface area contributed by atoms with Gasteiger partial charge in [-0.1, -0.05) is 29.8 Å². The highest BCUT2D eigenvalue weighted by atomic mass is 35.5. The van der Waals surface area contributed by atoms with Crippen LogP contribution in [0.3, 0.4) is 0 Å². The molecule has 1 N–H and O–H groups in total. The minimum atomic E-state index is -0.260. The highest BCUT2D eigenvalue weighted by molar-refractivity contribution is 6.30. The number of aromatic nitrogens is 2. The van der Waals surface area contributed by atoms with Crippen LogP contribution in [0.5, 0.6) is 17.2 Å². The summed E-state index contributed by atoms with van der Waals surface area (Å²) >= 11 is 6.54. The number of likely N-dealkylation sites (tertiary alicyclic amines) is 1. The molecule has 3 aromatic rings. The Morgan fingerprint density at radius 1 is 1.09 bits per heavy atom. The molecule has 4 bridgehead atoms. The molecule has 2 fully saturated rings. The van der Waals surface area contributed by atoms with Gasteiger partial charge in [-0.2, -0.15) is 5.10 Å². The lowest BCUT2D eigenvalue weighted by molar-refractivity contribution is -0.137. The molecule has 10 nitrogen and oxygen atoms in total. The monoisotopic (exact) mass is 607 g/mol. The van der Waals surface area contributed by atoms with Crippen LogP contribution in [0.25, 0.3) is 0 Å². The maximum absolute atomic E-state index is 13.4. The molecule has 43 heavy (non-hydrogen) atoms. The summed E-state index contributed by atoms with van der Waals surface area (Å²) in [5, 5.41) is 8.26. The number of nitrogens with zero attached hydrogens (tertiary/aromatic N) is 4. The molecule has 228 valence electrons. The van der Waals surface area contributed by atoms with E-state index in [1.807, 2.05) is 56.4 Å². The minimum absolute atomic E-state index is 0.0200. The van der Waals surface area contributed by atoms with E-state index in [4.69, 9.17) is 25.8 Å². The summed E-state index contributed by atoms with van der Waals surface area (Å²) in [7, 11) is 3.44. The van der Waals surface area contributed by atoms with Gasteiger partial charge in [-0.05, 0) is 61.6 Å². The molecule has 2 amide bonds. The molecule has 4 heterocycles. The fourth-order valence-corrected chi connectivity index (χ4v) is 6.19. The van der Waals surface area contributed by atoms with Crippen molar-refractivity contribution in [3.8, 4) is 17.2 Å². The van der Waals surface area contributed by atoms with Crippen LogP contribution in [0.4, 0.5) is 0 Å². The number of amides is 2. The van der Waals surface area contributed by atoms with Gasteiger partial charge in [0.2, 0.25) is 11.8 Å². The first-order chi connectivity index (χ1) is 20.8. The summed E-state index contributed by atoms with van der Waals surface area (Å²) < 4.78 is 20.0. The van der Waals surface area contributed by atoms with Gasteiger partial charge in [0.1, 0.15) is 10.9 Å². The van der Waals surface area contributed by atoms with Crippen LogP contribution in [-0.4, -0.2) is 76.3 Å². The number of benzene rings is 2. The first kappa shape index (κ1) is 29.5. The highest BCUT2D eigenvalue weighted by Gasteiger charge is 2.38. The van der Waals surface area contributed by atoms with Crippen LogP contribution in [0.2, 0.25) is 5.15 Å². The number of rotatable bonds is 4. The number of methoxy groups -OCH3 is 1. The second kappa shape index (κ2) is 12.6. The van der Waals surface area contributed by atoms with Crippen LogP contribution < -0.4 is 14.8 Å². The topological polar surface area (TPSA) is 98.2 Å². The van der Waals surface area contributed by atoms with Gasteiger partial charge in [0.25, 0.3) is 0 Å². The summed E-state index contributed by atoms with van der Waals surface area (Å²) in [5.74, 6) is 1.67. The second-order valence-electron chi connectivity index (χ2n) is 11.7. The average molecular weight is 608 g/mol. The Labute approximate surface area is 256 Å². The molecule has 1 saturated heterocycles. The number of carbonyl (C=O) groups excluding carboxylic acids is 2. The maximum atomic E-state index is 13.4. The van der Waals surface area contributed by atoms with Crippen LogP contribution in [-0.2, 0) is 40.9 Å². The summed E-state index contributed by atoms with van der Waals surface area (Å²) in [6, 6.07) is 13.4. The van der Waals surface area contributed by atoms with Gasteiger partial charge in [-0.3, -0.25) is 19.2 Å². The number of fused-ring (bicyclic) bond motifs is 9. The molecule has 7 rings (SSSR count). The number of ether oxygens (including phenoxy) is 3. The Morgan fingerprint density at radius 2 is 1.93 bits per heavy atom. The first-order valence-corrected chi connectivity index (χ1v) is 15.2. The summed E-state index contributed by atoms with van der Waals surface area (Å²) in [6.45, 7) is 4.14. The van der Waals surface area contributed by atoms with Crippen molar-refractivity contribution in [1.82, 2.24) is 24.9 Å². The average Bonchev–Trinajstić information content (AvgIpc) is 3.72. The predicted octanol–water partition coefficient (Wildman–Crippen LogP) is 4.01. The van der Waals surface area contributed by atoms with E-state index in [0.717, 1.165) is 35.2 Å². The van der Waals surface area contributed by atoms with Crippen molar-refractivity contribution in [3.63, 3.8) is 0 Å². The van der Waals surface area contributed by atoms with Crippen molar-refractivity contribution in [1.29, 1.82) is 0 Å². The van der Waals surface area contributed by atoms with Gasteiger partial charge in [0.05, 0.1) is 38.1 Å². The fourth-order valence-electron chi connectivity index (χ4n) is 5.96. The van der Waals surface area contributed by atoms with Crippen LogP contribution in [0.1, 0.15) is 41.6 Å². The number of nitrogens with one attached hydrogen (secondary N) is 1. The minimum Gasteiger partial charge on any atom is -0.493 e. The molecule has 2 aromatic carbocycles. The van der Waals surface area contributed by atoms with E-state index in [9.17, 15) is 9.59 Å². The summed E-state index contributed by atoms with van der Waals surface area (Å²) in [6.07, 6.45) is 2.43. The zero-order chi connectivity index (χ0) is 30.1. The summed E-state index contributed by atoms with van der Waals surface area (Å²) in [4.78, 5) is 30.7. The second-order valence-corrected chi connectivity index (χ2v) is 12.0. The lowest BCUT2D eigenvalue weighted by atomic mass is 10.1. The molecule has 1 aliphatic carbocycles. The Hall–Kier alpha value is -3.60. The quantitative estimate of drug-likeness (QED) is 0.479. The van der Waals surface area contributed by atoms with Crippen LogP contribution >= 0.6 is 11.6 Å². The summed E-state index contributed by atoms with van der Waals surface area (Å²) in [5.41, 5.74) is 3.77. The van der Waals surface area contributed by atoms with E-state index in [0.29, 0.717) is 61.5 Å². The van der Waals surface area contributed by atoms with E-state index in [-0.39, 0.29) is 36.5 Å². The van der Waals surface area contributed by atoms with E-state index in [1.54, 1.807) is 16.7 Å². The van der Waals surface area contributed by atoms with Crippen LogP contribution in [0.15, 0.2) is 42.5 Å². The molecule has 4 aliphatic rings. The van der Waals surface area contributed by atoms with E-state index in [1.165, 1.54) is 0 Å². The molecule has 0 spiro atoms. The van der Waals surface area contributed by atoms with Gasteiger partial charge < -0.3 is 24.4 Å². The van der Waals surface area contributed by atoms with Gasteiger partial charge in [0.15, 0.2) is 11.5 Å². The third-order valence-electron chi connectivity index (χ3n) is 8.41. The van der Waals surface area contributed by atoms with Gasteiger partial charge >= 0.3 is 0 Å². The van der Waals surface area contributed by atoms with Gasteiger partial charge in [0, 0.05) is 44.7 Å². The number of hydrogen-bond donors (Lipinski definition) is 1. The zero-order valence-corrected chi connectivity index (χ0v) is 25.6. The lowest BCUT2D eigenvalue weighted by Crippen LogP contribution is -2.49. The predicted molar refractivity (Wildman–Crippen MR) is 161 cm³/mol. The standard InChI is InChI=1S/C32H38ClN5O5/c1-20-25(32(33)36(2)35-20)15-37-16-26-29(17-37)42-19-22-5-4-6-24(13-22)43-27-11-7-21(14-28(27)41-3)8-12-31(40)38(23-9-10-23)18-30(39)34-26/h4-7,11,13-14,23,26,29H,8-10,12,15-19H2,1-3H3,(H,34,39)/t26-,29-/m0/s1. The third-order valence-corrected chi connectivity index (χ3v) is 8.88. The largest absolute Gasteiger partial charge is 0.493 e. The van der Waals surface area contributed by atoms with Gasteiger partial charge in [-0.15, -0.1) is 0 Å². The van der Waals surface area contributed by atoms with Crippen molar-refractivity contribution in [2.24, 2.45) is 7.05 Å². The Balaban J connectivity index is 1.26. The molecular formula is C32H38ClN5O5. The van der Waals surface area contributed by atoms with Crippen molar-refractivity contribution in [2.75, 3.05) is 26.7 Å². The smallest absolute Gasteiger partial charge is 0.239 e. The molecule has 0 unspecified atom stereocenters. The molecule has 11 heteroatoms. The Morgan fingerprint density at radius 3 is 2.67 bits per heavy atom. The number of aryl methyl sites for hydroxylation is 3. The molecule has 3 aliphatic heterocycles. The number of halogens is 1. The van der Waals surface area contributed by atoms with E-state index < -0.39 is 0 Å². The van der Waals surface area contributed by atoms with E-state index in [2.05, 4.69) is 15.3 Å². The van der Waals surface area contributed by atoms with E-state index >= 15 is 0 Å². The Kier molecular flexibility index (Phi) is 8.61. The third kappa shape index (κ3) is 6.82. The molecular weight excluding hydrogens is 570 g/mol. The molecule has 1 aromatic heterocycles. The molecule has 1 saturated carbocycles. The van der Waals surface area contributed by atoms with Gasteiger partial charge in [-0.25, -0.2) is 0 Å². The maximum Gasteiger partial charge on any atom is 0.239 e. The van der Waals surface area contributed by atoms with Crippen molar-refractivity contribution in [2.45, 2.75) is 63.9 Å². The molecule has 0 radical (unpaired) electrons. The molecule has 2 atom stereocenters. The van der Waals surface area contributed by atoms with Crippen molar-refractivity contribution in [3.05, 3.63) is 70.0 Å². The Bertz CT molecular complexity index is 1510. The first-order valence-electron chi connectivity index (χ1n) is 14.8. The lowest BCUT2D eigenvalue weighted by Gasteiger charge is -2.25. The van der Waals surface area contributed by atoms with Crippen LogP contribution in [0, 0.1) is 6.92 Å². The number of hydrogen-bond acceptors (Lipinski definition) is 7.